The maximum Gasteiger partial charge on any atom is 0.321 e. The van der Waals surface area contributed by atoms with Gasteiger partial charge in [0.25, 0.3) is 5.91 Å². The molecule has 1 atom stereocenters. The fourth-order valence-electron chi connectivity index (χ4n) is 3.32. The summed E-state index contributed by atoms with van der Waals surface area (Å²) >= 11 is 7.41. The zero-order chi connectivity index (χ0) is 20.9. The molecule has 4 rings (SSSR count). The van der Waals surface area contributed by atoms with Crippen molar-refractivity contribution in [2.24, 2.45) is 0 Å². The van der Waals surface area contributed by atoms with Crippen LogP contribution in [0.3, 0.4) is 0 Å². The highest BCUT2D eigenvalue weighted by molar-refractivity contribution is 7.13. The summed E-state index contributed by atoms with van der Waals surface area (Å²) in [5.41, 5.74) is 1.29. The summed E-state index contributed by atoms with van der Waals surface area (Å²) in [5, 5.41) is 15.5. The standard InChI is InChI=1S/C21H20ClN5O2S/c22-16-10-4-5-11-17(16)24-21(29)27-12-6-7-14(13-27)19-25-26-20(30-19)18(28)23-15-8-2-1-3-9-15/h1-5,8-11,14H,6-7,12-13H2,(H,23,28)(H,24,29)/t14-/m1/s1. The highest BCUT2D eigenvalue weighted by atomic mass is 35.5. The van der Waals surface area contributed by atoms with E-state index in [1.165, 1.54) is 11.3 Å². The van der Waals surface area contributed by atoms with E-state index in [0.717, 1.165) is 17.8 Å². The van der Waals surface area contributed by atoms with Crippen molar-refractivity contribution < 1.29 is 9.59 Å². The van der Waals surface area contributed by atoms with Crippen molar-refractivity contribution in [2.75, 3.05) is 23.7 Å². The number of urea groups is 1. The van der Waals surface area contributed by atoms with Crippen LogP contribution in [-0.4, -0.2) is 40.1 Å². The van der Waals surface area contributed by atoms with Crippen molar-refractivity contribution >= 4 is 46.3 Å². The minimum absolute atomic E-state index is 0.0477. The zero-order valence-electron chi connectivity index (χ0n) is 16.0. The Balaban J connectivity index is 1.39. The van der Waals surface area contributed by atoms with Gasteiger partial charge in [-0.15, -0.1) is 10.2 Å². The molecule has 154 valence electrons. The quantitative estimate of drug-likeness (QED) is 0.605. The van der Waals surface area contributed by atoms with Crippen LogP contribution in [0.4, 0.5) is 16.2 Å². The predicted octanol–water partition coefficient (Wildman–Crippen LogP) is 4.86. The van der Waals surface area contributed by atoms with E-state index in [-0.39, 0.29) is 17.9 Å². The Kier molecular flexibility index (Phi) is 6.25. The molecule has 0 unspecified atom stereocenters. The van der Waals surface area contributed by atoms with Gasteiger partial charge < -0.3 is 15.5 Å². The van der Waals surface area contributed by atoms with Gasteiger partial charge >= 0.3 is 6.03 Å². The predicted molar refractivity (Wildman–Crippen MR) is 118 cm³/mol. The van der Waals surface area contributed by atoms with E-state index < -0.39 is 0 Å². The lowest BCUT2D eigenvalue weighted by Gasteiger charge is -2.31. The van der Waals surface area contributed by atoms with E-state index in [9.17, 15) is 9.59 Å². The average molecular weight is 442 g/mol. The van der Waals surface area contributed by atoms with Gasteiger partial charge in [0.1, 0.15) is 5.01 Å². The molecular formula is C21H20ClN5O2S. The fraction of sp³-hybridized carbons (Fsp3) is 0.238. The number of halogens is 1. The molecule has 0 aliphatic carbocycles. The Morgan fingerprint density at radius 1 is 1.03 bits per heavy atom. The number of aromatic nitrogens is 2. The Morgan fingerprint density at radius 3 is 2.60 bits per heavy atom. The number of carbonyl (C=O) groups is 2. The second kappa shape index (κ2) is 9.23. The van der Waals surface area contributed by atoms with Gasteiger partial charge in [0.05, 0.1) is 10.7 Å². The number of para-hydroxylation sites is 2. The van der Waals surface area contributed by atoms with E-state index in [1.54, 1.807) is 17.0 Å². The third-order valence-corrected chi connectivity index (χ3v) is 6.25. The number of hydrogen-bond acceptors (Lipinski definition) is 5. The van der Waals surface area contributed by atoms with Crippen molar-refractivity contribution in [3.8, 4) is 0 Å². The Labute approximate surface area is 183 Å². The van der Waals surface area contributed by atoms with Crippen LogP contribution in [0.25, 0.3) is 0 Å². The molecule has 7 nitrogen and oxygen atoms in total. The van der Waals surface area contributed by atoms with E-state index in [2.05, 4.69) is 20.8 Å². The molecule has 1 saturated heterocycles. The summed E-state index contributed by atoms with van der Waals surface area (Å²) in [6.07, 6.45) is 1.75. The summed E-state index contributed by atoms with van der Waals surface area (Å²) in [4.78, 5) is 26.9. The lowest BCUT2D eigenvalue weighted by molar-refractivity contribution is 0.102. The monoisotopic (exact) mass is 441 g/mol. The smallest absolute Gasteiger partial charge is 0.321 e. The summed E-state index contributed by atoms with van der Waals surface area (Å²) in [5.74, 6) is -0.236. The van der Waals surface area contributed by atoms with E-state index >= 15 is 0 Å². The van der Waals surface area contributed by atoms with Crippen molar-refractivity contribution in [2.45, 2.75) is 18.8 Å². The number of amides is 3. The lowest BCUT2D eigenvalue weighted by atomic mass is 9.99. The number of anilines is 2. The van der Waals surface area contributed by atoms with Crippen LogP contribution in [0.15, 0.2) is 54.6 Å². The summed E-state index contributed by atoms with van der Waals surface area (Å²) in [7, 11) is 0. The largest absolute Gasteiger partial charge is 0.324 e. The number of likely N-dealkylation sites (tertiary alicyclic amines) is 1. The van der Waals surface area contributed by atoms with E-state index in [4.69, 9.17) is 11.6 Å². The number of nitrogens with zero attached hydrogens (tertiary/aromatic N) is 3. The Bertz CT molecular complexity index is 1040. The minimum atomic E-state index is -0.283. The summed E-state index contributed by atoms with van der Waals surface area (Å²) < 4.78 is 0. The second-order valence-electron chi connectivity index (χ2n) is 6.96. The molecule has 2 aromatic carbocycles. The number of carbonyl (C=O) groups excluding carboxylic acids is 2. The van der Waals surface area contributed by atoms with Crippen molar-refractivity contribution in [3.63, 3.8) is 0 Å². The van der Waals surface area contributed by atoms with Gasteiger partial charge in [-0.1, -0.05) is 53.3 Å². The average Bonchev–Trinajstić information content (AvgIpc) is 3.27. The van der Waals surface area contributed by atoms with Crippen LogP contribution in [0, 0.1) is 0 Å². The molecular weight excluding hydrogens is 422 g/mol. The van der Waals surface area contributed by atoms with Crippen LogP contribution < -0.4 is 10.6 Å². The molecule has 30 heavy (non-hydrogen) atoms. The number of benzene rings is 2. The molecule has 2 N–H and O–H groups in total. The molecule has 0 spiro atoms. The normalized spacial score (nSPS) is 16.2. The first kappa shape index (κ1) is 20.3. The molecule has 2 heterocycles. The maximum absolute atomic E-state index is 12.7. The minimum Gasteiger partial charge on any atom is -0.324 e. The Morgan fingerprint density at radius 2 is 1.80 bits per heavy atom. The highest BCUT2D eigenvalue weighted by Gasteiger charge is 2.28. The van der Waals surface area contributed by atoms with Crippen LogP contribution in [0.2, 0.25) is 5.02 Å². The first-order valence-corrected chi connectivity index (χ1v) is 10.8. The van der Waals surface area contributed by atoms with Crippen LogP contribution >= 0.6 is 22.9 Å². The third kappa shape index (κ3) is 4.77. The Hall–Kier alpha value is -2.97. The van der Waals surface area contributed by atoms with Crippen LogP contribution in [0.5, 0.6) is 0 Å². The van der Waals surface area contributed by atoms with Gasteiger partial charge in [0, 0.05) is 24.7 Å². The van der Waals surface area contributed by atoms with Gasteiger partial charge in [0.15, 0.2) is 0 Å². The van der Waals surface area contributed by atoms with Crippen LogP contribution in [0.1, 0.15) is 33.6 Å². The molecule has 1 aliphatic heterocycles. The fourth-order valence-corrected chi connectivity index (χ4v) is 4.36. The lowest BCUT2D eigenvalue weighted by Crippen LogP contribution is -2.41. The van der Waals surface area contributed by atoms with Gasteiger partial charge in [0.2, 0.25) is 5.01 Å². The van der Waals surface area contributed by atoms with E-state index in [0.29, 0.717) is 34.5 Å². The van der Waals surface area contributed by atoms with Gasteiger partial charge in [-0.05, 0) is 37.1 Å². The molecule has 0 radical (unpaired) electrons. The third-order valence-electron chi connectivity index (χ3n) is 4.84. The SMILES string of the molecule is O=C(Nc1ccccc1)c1nnc([C@@H]2CCCN(C(=O)Nc3ccccc3Cl)C2)s1. The van der Waals surface area contributed by atoms with Crippen molar-refractivity contribution in [1.29, 1.82) is 0 Å². The number of nitrogens with one attached hydrogen (secondary N) is 2. The van der Waals surface area contributed by atoms with Gasteiger partial charge in [-0.3, -0.25) is 4.79 Å². The van der Waals surface area contributed by atoms with Gasteiger partial charge in [-0.25, -0.2) is 4.79 Å². The van der Waals surface area contributed by atoms with E-state index in [1.807, 2.05) is 42.5 Å². The molecule has 1 aromatic heterocycles. The summed E-state index contributed by atoms with van der Waals surface area (Å²) in [6, 6.07) is 16.2. The molecule has 3 amide bonds. The first-order chi connectivity index (χ1) is 14.6. The zero-order valence-corrected chi connectivity index (χ0v) is 17.6. The molecule has 0 bridgehead atoms. The first-order valence-electron chi connectivity index (χ1n) is 9.60. The molecule has 1 aliphatic rings. The summed E-state index contributed by atoms with van der Waals surface area (Å²) in [6.45, 7) is 1.18. The molecule has 0 saturated carbocycles. The van der Waals surface area contributed by atoms with Crippen LogP contribution in [-0.2, 0) is 0 Å². The number of rotatable bonds is 4. The van der Waals surface area contributed by atoms with Gasteiger partial charge in [-0.2, -0.15) is 0 Å². The maximum atomic E-state index is 12.7. The second-order valence-corrected chi connectivity index (χ2v) is 8.38. The van der Waals surface area contributed by atoms with Crippen molar-refractivity contribution in [3.05, 3.63) is 69.6 Å². The van der Waals surface area contributed by atoms with Crippen molar-refractivity contribution in [1.82, 2.24) is 15.1 Å². The number of piperidine rings is 1. The number of hydrogen-bond donors (Lipinski definition) is 2. The highest BCUT2D eigenvalue weighted by Crippen LogP contribution is 2.30. The molecule has 9 heteroatoms. The molecule has 1 fully saturated rings. The molecule has 3 aromatic rings. The topological polar surface area (TPSA) is 87.2 Å².